The predicted molar refractivity (Wildman–Crippen MR) is 91.1 cm³/mol. The molecule has 0 N–H and O–H groups in total. The summed E-state index contributed by atoms with van der Waals surface area (Å²) in [5, 5.41) is 0. The molecular formula is C19H18F6N2O. The lowest BCUT2D eigenvalue weighted by Crippen LogP contribution is -2.30. The van der Waals surface area contributed by atoms with Gasteiger partial charge in [0, 0.05) is 19.3 Å². The van der Waals surface area contributed by atoms with Crippen molar-refractivity contribution in [1.29, 1.82) is 0 Å². The number of anilines is 1. The van der Waals surface area contributed by atoms with E-state index in [-0.39, 0.29) is 11.6 Å². The molecule has 1 aliphatic rings. The van der Waals surface area contributed by atoms with E-state index in [1.807, 2.05) is 4.90 Å². The maximum Gasteiger partial charge on any atom is 0.416 e. The van der Waals surface area contributed by atoms with Crippen LogP contribution < -0.4 is 9.64 Å². The molecule has 0 saturated carbocycles. The van der Waals surface area contributed by atoms with E-state index in [2.05, 4.69) is 4.98 Å². The minimum absolute atomic E-state index is 0.104. The van der Waals surface area contributed by atoms with E-state index in [1.54, 1.807) is 18.3 Å². The first-order valence-electron chi connectivity index (χ1n) is 8.76. The number of hydrogen-bond donors (Lipinski definition) is 0. The first-order chi connectivity index (χ1) is 13.1. The standard InChI is InChI=1S/C19H18F6N2O/c20-18(21,22)14-9-13(10-15(11-14)19(23,24)25)12-28-16-5-4-6-26-17(16)27-7-2-1-3-8-27/h4-6,9-11H,1-3,7-8,12H2. The second-order valence-electron chi connectivity index (χ2n) is 6.58. The first kappa shape index (κ1) is 20.3. The minimum atomic E-state index is -4.89. The number of nitrogens with zero attached hydrogens (tertiary/aromatic N) is 2. The fraction of sp³-hybridized carbons (Fsp3) is 0.421. The van der Waals surface area contributed by atoms with Crippen molar-refractivity contribution in [2.45, 2.75) is 38.2 Å². The fourth-order valence-electron chi connectivity index (χ4n) is 3.10. The van der Waals surface area contributed by atoms with Gasteiger partial charge in [0.15, 0.2) is 11.6 Å². The number of ether oxygens (including phenoxy) is 1. The Kier molecular flexibility index (Phi) is 5.71. The SMILES string of the molecule is FC(F)(F)c1cc(COc2cccnc2N2CCCCC2)cc(C(F)(F)F)c1. The lowest BCUT2D eigenvalue weighted by Gasteiger charge is -2.29. The van der Waals surface area contributed by atoms with Gasteiger partial charge in [-0.15, -0.1) is 0 Å². The van der Waals surface area contributed by atoms with Gasteiger partial charge in [-0.3, -0.25) is 0 Å². The van der Waals surface area contributed by atoms with Gasteiger partial charge in [-0.05, 0) is 55.2 Å². The van der Waals surface area contributed by atoms with E-state index in [9.17, 15) is 26.3 Å². The Morgan fingerprint density at radius 3 is 2.07 bits per heavy atom. The Morgan fingerprint density at radius 1 is 0.893 bits per heavy atom. The highest BCUT2D eigenvalue weighted by Crippen LogP contribution is 2.37. The number of piperidine rings is 1. The molecular weight excluding hydrogens is 386 g/mol. The summed E-state index contributed by atoms with van der Waals surface area (Å²) >= 11 is 0. The number of halogens is 6. The Bertz CT molecular complexity index is 781. The van der Waals surface area contributed by atoms with Crippen molar-refractivity contribution in [3.63, 3.8) is 0 Å². The van der Waals surface area contributed by atoms with E-state index >= 15 is 0 Å². The van der Waals surface area contributed by atoms with Crippen molar-refractivity contribution >= 4 is 5.82 Å². The highest BCUT2D eigenvalue weighted by Gasteiger charge is 2.37. The van der Waals surface area contributed by atoms with Gasteiger partial charge >= 0.3 is 12.4 Å². The molecule has 0 bridgehead atoms. The molecule has 1 saturated heterocycles. The third kappa shape index (κ3) is 4.88. The van der Waals surface area contributed by atoms with E-state index in [4.69, 9.17) is 4.74 Å². The van der Waals surface area contributed by atoms with Crippen molar-refractivity contribution in [3.05, 3.63) is 53.2 Å². The maximum atomic E-state index is 13.0. The average Bonchev–Trinajstić information content (AvgIpc) is 2.66. The largest absolute Gasteiger partial charge is 0.485 e. The van der Waals surface area contributed by atoms with Crippen molar-refractivity contribution in [3.8, 4) is 5.75 Å². The number of hydrogen-bond acceptors (Lipinski definition) is 3. The van der Waals surface area contributed by atoms with Crippen LogP contribution in [0.4, 0.5) is 32.2 Å². The predicted octanol–water partition coefficient (Wildman–Crippen LogP) is 5.69. The lowest BCUT2D eigenvalue weighted by molar-refractivity contribution is -0.143. The van der Waals surface area contributed by atoms with Crippen molar-refractivity contribution in [1.82, 2.24) is 4.98 Å². The summed E-state index contributed by atoms with van der Waals surface area (Å²) in [7, 11) is 0. The molecule has 28 heavy (non-hydrogen) atoms. The monoisotopic (exact) mass is 404 g/mol. The lowest BCUT2D eigenvalue weighted by atomic mass is 10.1. The normalized spacial score (nSPS) is 15.6. The van der Waals surface area contributed by atoms with Crippen molar-refractivity contribution < 1.29 is 31.1 Å². The van der Waals surface area contributed by atoms with Crippen LogP contribution in [0.1, 0.15) is 36.0 Å². The average molecular weight is 404 g/mol. The van der Waals surface area contributed by atoms with E-state index in [0.717, 1.165) is 32.4 Å². The molecule has 2 heterocycles. The van der Waals surface area contributed by atoms with Gasteiger partial charge in [0.1, 0.15) is 6.61 Å². The molecule has 3 rings (SSSR count). The van der Waals surface area contributed by atoms with Gasteiger partial charge in [0.2, 0.25) is 0 Å². The highest BCUT2D eigenvalue weighted by atomic mass is 19.4. The molecule has 0 radical (unpaired) electrons. The highest BCUT2D eigenvalue weighted by molar-refractivity contribution is 5.52. The molecule has 0 unspecified atom stereocenters. The summed E-state index contributed by atoms with van der Waals surface area (Å²) in [6.07, 6.45) is -5.13. The van der Waals surface area contributed by atoms with Crippen molar-refractivity contribution in [2.75, 3.05) is 18.0 Å². The van der Waals surface area contributed by atoms with E-state index in [0.29, 0.717) is 23.7 Å². The Balaban J connectivity index is 1.85. The topological polar surface area (TPSA) is 25.4 Å². The number of rotatable bonds is 4. The van der Waals surface area contributed by atoms with E-state index in [1.165, 1.54) is 0 Å². The third-order valence-electron chi connectivity index (χ3n) is 4.45. The van der Waals surface area contributed by atoms with Crippen LogP contribution in [0.3, 0.4) is 0 Å². The summed E-state index contributed by atoms with van der Waals surface area (Å²) in [5.74, 6) is 0.876. The van der Waals surface area contributed by atoms with Crippen LogP contribution >= 0.6 is 0 Å². The van der Waals surface area contributed by atoms with Crippen LogP contribution in [0.2, 0.25) is 0 Å². The molecule has 1 aromatic heterocycles. The molecule has 0 atom stereocenters. The molecule has 2 aromatic rings. The maximum absolute atomic E-state index is 13.0. The molecule has 9 heteroatoms. The number of aromatic nitrogens is 1. The fourth-order valence-corrected chi connectivity index (χ4v) is 3.10. The van der Waals surface area contributed by atoms with E-state index < -0.39 is 30.1 Å². The Hall–Kier alpha value is -2.45. The summed E-state index contributed by atoms with van der Waals surface area (Å²) < 4.78 is 83.5. The molecule has 1 fully saturated rings. The zero-order chi connectivity index (χ0) is 20.4. The van der Waals surface area contributed by atoms with Crippen LogP contribution in [-0.4, -0.2) is 18.1 Å². The summed E-state index contributed by atoms with van der Waals surface area (Å²) in [4.78, 5) is 6.28. The number of benzene rings is 1. The molecule has 0 amide bonds. The zero-order valence-corrected chi connectivity index (χ0v) is 14.8. The third-order valence-corrected chi connectivity index (χ3v) is 4.45. The molecule has 3 nitrogen and oxygen atoms in total. The molecule has 0 spiro atoms. The summed E-state index contributed by atoms with van der Waals surface area (Å²) in [6.45, 7) is 1.11. The number of alkyl halides is 6. The Morgan fingerprint density at radius 2 is 1.50 bits per heavy atom. The zero-order valence-electron chi connectivity index (χ0n) is 14.8. The first-order valence-corrected chi connectivity index (χ1v) is 8.76. The molecule has 0 aliphatic carbocycles. The van der Waals surface area contributed by atoms with Crippen LogP contribution in [0.25, 0.3) is 0 Å². The molecule has 1 aliphatic heterocycles. The molecule has 152 valence electrons. The molecule has 1 aromatic carbocycles. The van der Waals surface area contributed by atoms with Crippen LogP contribution in [0.5, 0.6) is 5.75 Å². The van der Waals surface area contributed by atoms with Gasteiger partial charge < -0.3 is 9.64 Å². The second-order valence-corrected chi connectivity index (χ2v) is 6.58. The van der Waals surface area contributed by atoms with Gasteiger partial charge in [0.05, 0.1) is 11.1 Å². The van der Waals surface area contributed by atoms with Crippen LogP contribution in [-0.2, 0) is 19.0 Å². The van der Waals surface area contributed by atoms with Gasteiger partial charge in [-0.1, -0.05) is 0 Å². The minimum Gasteiger partial charge on any atom is -0.485 e. The summed E-state index contributed by atoms with van der Waals surface area (Å²) in [6, 6.07) is 4.66. The van der Waals surface area contributed by atoms with Crippen LogP contribution in [0.15, 0.2) is 36.5 Å². The smallest absolute Gasteiger partial charge is 0.416 e. The second kappa shape index (κ2) is 7.89. The van der Waals surface area contributed by atoms with Crippen LogP contribution in [0, 0.1) is 0 Å². The Labute approximate surface area is 157 Å². The van der Waals surface area contributed by atoms with Gasteiger partial charge in [-0.2, -0.15) is 26.3 Å². The number of pyridine rings is 1. The van der Waals surface area contributed by atoms with Crippen molar-refractivity contribution in [2.24, 2.45) is 0 Å². The van der Waals surface area contributed by atoms with Gasteiger partial charge in [0.25, 0.3) is 0 Å². The van der Waals surface area contributed by atoms with Gasteiger partial charge in [-0.25, -0.2) is 4.98 Å². The summed E-state index contributed by atoms with van der Waals surface area (Å²) in [5.41, 5.74) is -2.93. The quantitative estimate of drug-likeness (QED) is 0.613.